The smallest absolute Gasteiger partial charge is 0.407 e. The Morgan fingerprint density at radius 3 is 2.13 bits per heavy atom. The summed E-state index contributed by atoms with van der Waals surface area (Å²) >= 11 is 0. The molecular weight excluding hydrogens is 391 g/mol. The highest BCUT2D eigenvalue weighted by atomic mass is 19.1. The number of hydrogen-bond donors (Lipinski definition) is 1. The third-order valence-electron chi connectivity index (χ3n) is 4.73. The maximum absolute atomic E-state index is 13.1. The quantitative estimate of drug-likeness (QED) is 0.520. The summed E-state index contributed by atoms with van der Waals surface area (Å²) in [6.45, 7) is 6.68. The molecule has 0 aromatic heterocycles. The molecule has 0 fully saturated rings. The Morgan fingerprint density at radius 1 is 0.935 bits per heavy atom. The van der Waals surface area contributed by atoms with E-state index in [1.54, 1.807) is 12.1 Å². The Kier molecular flexibility index (Phi) is 6.95. The summed E-state index contributed by atoms with van der Waals surface area (Å²) in [5.41, 5.74) is 4.77. The standard InChI is InChI=1S/C26H29FN2O2/c1-26(2,3)31-25(30)28-17-19-6-5-7-20(16-19)18-29(4)24-14-10-22(11-15-24)21-8-12-23(27)13-9-21/h5-16H,17-18H2,1-4H3,(H,28,30). The Labute approximate surface area is 183 Å². The predicted octanol–water partition coefficient (Wildman–Crippen LogP) is 6.15. The molecule has 3 aromatic rings. The van der Waals surface area contributed by atoms with E-state index in [1.807, 2.05) is 52.1 Å². The lowest BCUT2D eigenvalue weighted by atomic mass is 10.0. The number of rotatable bonds is 6. The summed E-state index contributed by atoms with van der Waals surface area (Å²) in [4.78, 5) is 14.0. The number of nitrogens with one attached hydrogen (secondary N) is 1. The first-order chi connectivity index (χ1) is 14.7. The van der Waals surface area contributed by atoms with E-state index in [1.165, 1.54) is 12.1 Å². The van der Waals surface area contributed by atoms with E-state index in [9.17, 15) is 9.18 Å². The molecule has 1 N–H and O–H groups in total. The minimum atomic E-state index is -0.513. The highest BCUT2D eigenvalue weighted by molar-refractivity contribution is 5.68. The van der Waals surface area contributed by atoms with Crippen molar-refractivity contribution in [2.75, 3.05) is 11.9 Å². The van der Waals surface area contributed by atoms with Crippen molar-refractivity contribution in [2.24, 2.45) is 0 Å². The summed E-state index contributed by atoms with van der Waals surface area (Å²) in [7, 11) is 2.04. The van der Waals surface area contributed by atoms with Gasteiger partial charge in [-0.1, -0.05) is 48.5 Å². The van der Waals surface area contributed by atoms with Gasteiger partial charge in [-0.2, -0.15) is 0 Å². The molecule has 5 heteroatoms. The maximum atomic E-state index is 13.1. The molecule has 0 heterocycles. The fraction of sp³-hybridized carbons (Fsp3) is 0.269. The molecule has 0 aliphatic carbocycles. The van der Waals surface area contributed by atoms with Crippen molar-refractivity contribution < 1.29 is 13.9 Å². The number of alkyl carbamates (subject to hydrolysis) is 1. The summed E-state index contributed by atoms with van der Waals surface area (Å²) < 4.78 is 18.4. The first kappa shape index (κ1) is 22.3. The lowest BCUT2D eigenvalue weighted by Crippen LogP contribution is -2.32. The molecule has 31 heavy (non-hydrogen) atoms. The summed E-state index contributed by atoms with van der Waals surface area (Å²) in [6.07, 6.45) is -0.420. The molecular formula is C26H29FN2O2. The van der Waals surface area contributed by atoms with Crippen LogP contribution in [-0.4, -0.2) is 18.7 Å². The lowest BCUT2D eigenvalue weighted by Gasteiger charge is -2.21. The van der Waals surface area contributed by atoms with Gasteiger partial charge in [0.15, 0.2) is 0 Å². The van der Waals surface area contributed by atoms with Crippen molar-refractivity contribution >= 4 is 11.8 Å². The van der Waals surface area contributed by atoms with E-state index in [0.717, 1.165) is 34.5 Å². The molecule has 0 atom stereocenters. The number of anilines is 1. The van der Waals surface area contributed by atoms with Gasteiger partial charge in [-0.25, -0.2) is 9.18 Å². The number of carbonyl (C=O) groups excluding carboxylic acids is 1. The molecule has 3 rings (SSSR count). The number of amides is 1. The molecule has 0 radical (unpaired) electrons. The van der Waals surface area contributed by atoms with Gasteiger partial charge in [-0.05, 0) is 67.3 Å². The zero-order chi connectivity index (χ0) is 22.4. The normalized spacial score (nSPS) is 11.1. The van der Waals surface area contributed by atoms with Gasteiger partial charge < -0.3 is 15.0 Å². The monoisotopic (exact) mass is 420 g/mol. The van der Waals surface area contributed by atoms with Gasteiger partial charge in [0.25, 0.3) is 0 Å². The molecule has 0 aliphatic heterocycles. The molecule has 4 nitrogen and oxygen atoms in total. The van der Waals surface area contributed by atoms with Gasteiger partial charge in [-0.15, -0.1) is 0 Å². The van der Waals surface area contributed by atoms with E-state index >= 15 is 0 Å². The van der Waals surface area contributed by atoms with E-state index in [2.05, 4.69) is 34.5 Å². The van der Waals surface area contributed by atoms with Gasteiger partial charge in [0, 0.05) is 25.8 Å². The van der Waals surface area contributed by atoms with Gasteiger partial charge >= 0.3 is 6.09 Å². The summed E-state index contributed by atoms with van der Waals surface area (Å²) in [5, 5.41) is 2.79. The molecule has 0 spiro atoms. The van der Waals surface area contributed by atoms with Crippen molar-refractivity contribution in [3.63, 3.8) is 0 Å². The largest absolute Gasteiger partial charge is 0.444 e. The van der Waals surface area contributed by atoms with Crippen LogP contribution in [0.1, 0.15) is 31.9 Å². The van der Waals surface area contributed by atoms with Crippen LogP contribution in [0, 0.1) is 5.82 Å². The van der Waals surface area contributed by atoms with Crippen LogP contribution < -0.4 is 10.2 Å². The third-order valence-corrected chi connectivity index (χ3v) is 4.73. The van der Waals surface area contributed by atoms with Crippen molar-refractivity contribution in [2.45, 2.75) is 39.5 Å². The second kappa shape index (κ2) is 9.65. The lowest BCUT2D eigenvalue weighted by molar-refractivity contribution is 0.0523. The van der Waals surface area contributed by atoms with Gasteiger partial charge in [0.1, 0.15) is 11.4 Å². The van der Waals surface area contributed by atoms with Crippen molar-refractivity contribution in [1.82, 2.24) is 5.32 Å². The molecule has 162 valence electrons. The van der Waals surface area contributed by atoms with Crippen molar-refractivity contribution in [3.8, 4) is 11.1 Å². The van der Waals surface area contributed by atoms with E-state index in [4.69, 9.17) is 4.74 Å². The van der Waals surface area contributed by atoms with Crippen LogP contribution in [-0.2, 0) is 17.8 Å². The Hall–Kier alpha value is -3.34. The van der Waals surface area contributed by atoms with Crippen LogP contribution in [0.2, 0.25) is 0 Å². The van der Waals surface area contributed by atoms with Crippen LogP contribution in [0.3, 0.4) is 0 Å². The topological polar surface area (TPSA) is 41.6 Å². The second-order valence-corrected chi connectivity index (χ2v) is 8.59. The highest BCUT2D eigenvalue weighted by Gasteiger charge is 2.15. The molecule has 0 aliphatic rings. The molecule has 1 amide bonds. The zero-order valence-corrected chi connectivity index (χ0v) is 18.5. The number of ether oxygens (including phenoxy) is 1. The minimum absolute atomic E-state index is 0.233. The predicted molar refractivity (Wildman–Crippen MR) is 123 cm³/mol. The highest BCUT2D eigenvalue weighted by Crippen LogP contribution is 2.24. The Bertz CT molecular complexity index is 1010. The summed E-state index contributed by atoms with van der Waals surface area (Å²) in [6, 6.07) is 22.8. The average molecular weight is 421 g/mol. The van der Waals surface area contributed by atoms with Gasteiger partial charge in [-0.3, -0.25) is 0 Å². The van der Waals surface area contributed by atoms with Crippen LogP contribution in [0.5, 0.6) is 0 Å². The van der Waals surface area contributed by atoms with Crippen molar-refractivity contribution in [1.29, 1.82) is 0 Å². The molecule has 0 unspecified atom stereocenters. The Morgan fingerprint density at radius 2 is 1.52 bits per heavy atom. The van der Waals surface area contributed by atoms with Crippen molar-refractivity contribution in [3.05, 3.63) is 89.7 Å². The first-order valence-corrected chi connectivity index (χ1v) is 10.3. The summed E-state index contributed by atoms with van der Waals surface area (Å²) in [5.74, 6) is -0.233. The van der Waals surface area contributed by atoms with E-state index in [0.29, 0.717) is 6.54 Å². The van der Waals surface area contributed by atoms with E-state index < -0.39 is 11.7 Å². The SMILES string of the molecule is CN(Cc1cccc(CNC(=O)OC(C)(C)C)c1)c1ccc(-c2ccc(F)cc2)cc1. The fourth-order valence-corrected chi connectivity index (χ4v) is 3.24. The maximum Gasteiger partial charge on any atom is 0.407 e. The molecule has 3 aromatic carbocycles. The van der Waals surface area contributed by atoms with Crippen LogP contribution >= 0.6 is 0 Å². The third kappa shape index (κ3) is 6.85. The van der Waals surface area contributed by atoms with Gasteiger partial charge in [0.05, 0.1) is 0 Å². The number of hydrogen-bond acceptors (Lipinski definition) is 3. The Balaban J connectivity index is 1.60. The first-order valence-electron chi connectivity index (χ1n) is 10.3. The van der Waals surface area contributed by atoms with Crippen LogP contribution in [0.4, 0.5) is 14.9 Å². The molecule has 0 bridgehead atoms. The number of benzene rings is 3. The zero-order valence-electron chi connectivity index (χ0n) is 18.5. The van der Waals surface area contributed by atoms with E-state index in [-0.39, 0.29) is 5.82 Å². The number of halogens is 1. The molecule has 0 saturated carbocycles. The minimum Gasteiger partial charge on any atom is -0.444 e. The van der Waals surface area contributed by atoms with Crippen LogP contribution in [0.15, 0.2) is 72.8 Å². The van der Waals surface area contributed by atoms with Crippen LogP contribution in [0.25, 0.3) is 11.1 Å². The number of carbonyl (C=O) groups is 1. The average Bonchev–Trinajstić information content (AvgIpc) is 2.72. The molecule has 0 saturated heterocycles. The fourth-order valence-electron chi connectivity index (χ4n) is 3.24. The number of nitrogens with zero attached hydrogens (tertiary/aromatic N) is 1. The second-order valence-electron chi connectivity index (χ2n) is 8.59. The van der Waals surface area contributed by atoms with Gasteiger partial charge in [0.2, 0.25) is 0 Å².